The first-order valence-corrected chi connectivity index (χ1v) is 15.2. The highest BCUT2D eigenvalue weighted by atomic mass is 19.1. The number of aryl methyl sites for hydroxylation is 1. The molecule has 11 heteroatoms. The van der Waals surface area contributed by atoms with Crippen LogP contribution in [0.5, 0.6) is 11.6 Å². The molecule has 0 aliphatic carbocycles. The predicted molar refractivity (Wildman–Crippen MR) is 165 cm³/mol. The fourth-order valence-corrected chi connectivity index (χ4v) is 5.99. The number of carbonyl (C=O) groups is 1. The zero-order chi connectivity index (χ0) is 31.7. The second-order valence-corrected chi connectivity index (χ2v) is 12.6. The number of amides is 1. The SMILES string of the molecule is Cn1cc(-c2ccc(-c3ccc(O[C@@H]4C[C@H]5CCC[C@@H]([C@@H]4F)N5C(=O)OC(C)(C)C)nn3)c(OCc3ccccc3)c2)oc1=O. The van der Waals surface area contributed by atoms with Crippen molar-refractivity contribution in [3.63, 3.8) is 0 Å². The van der Waals surface area contributed by atoms with Crippen LogP contribution in [0, 0.1) is 0 Å². The molecule has 6 rings (SSSR count). The number of hydrogen-bond acceptors (Lipinski definition) is 8. The summed E-state index contributed by atoms with van der Waals surface area (Å²) in [6.07, 6.45) is 1.50. The number of benzene rings is 2. The second-order valence-electron chi connectivity index (χ2n) is 12.6. The van der Waals surface area contributed by atoms with Crippen molar-refractivity contribution in [1.82, 2.24) is 19.7 Å². The summed E-state index contributed by atoms with van der Waals surface area (Å²) >= 11 is 0. The van der Waals surface area contributed by atoms with Crippen LogP contribution >= 0.6 is 0 Å². The van der Waals surface area contributed by atoms with Gasteiger partial charge in [-0.1, -0.05) is 36.4 Å². The summed E-state index contributed by atoms with van der Waals surface area (Å²) in [5.41, 5.74) is 2.20. The number of hydrogen-bond donors (Lipinski definition) is 0. The third-order valence-electron chi connectivity index (χ3n) is 8.11. The van der Waals surface area contributed by atoms with Gasteiger partial charge in [-0.2, -0.15) is 0 Å². The average Bonchev–Trinajstić information content (AvgIpc) is 3.36. The Morgan fingerprint density at radius 2 is 1.87 bits per heavy atom. The van der Waals surface area contributed by atoms with Crippen molar-refractivity contribution in [2.24, 2.45) is 7.05 Å². The Kier molecular flexibility index (Phi) is 8.35. The van der Waals surface area contributed by atoms with Crippen LogP contribution in [0.25, 0.3) is 22.6 Å². The van der Waals surface area contributed by atoms with E-state index >= 15 is 4.39 Å². The van der Waals surface area contributed by atoms with Gasteiger partial charge in [-0.25, -0.2) is 14.0 Å². The third-order valence-corrected chi connectivity index (χ3v) is 8.11. The predicted octanol–water partition coefficient (Wildman–Crippen LogP) is 6.33. The third kappa shape index (κ3) is 6.72. The first kappa shape index (κ1) is 30.4. The number of carbonyl (C=O) groups excluding carboxylic acids is 1. The Labute approximate surface area is 260 Å². The minimum absolute atomic E-state index is 0.167. The highest BCUT2D eigenvalue weighted by Crippen LogP contribution is 2.39. The smallest absolute Gasteiger partial charge is 0.419 e. The van der Waals surface area contributed by atoms with Crippen LogP contribution in [0.2, 0.25) is 0 Å². The van der Waals surface area contributed by atoms with Gasteiger partial charge in [0, 0.05) is 36.7 Å². The Bertz CT molecular complexity index is 1700. The molecule has 0 unspecified atom stereocenters. The summed E-state index contributed by atoms with van der Waals surface area (Å²) in [5.74, 6) is 0.676. The van der Waals surface area contributed by atoms with Crippen molar-refractivity contribution < 1.29 is 27.8 Å². The minimum Gasteiger partial charge on any atom is -0.488 e. The highest BCUT2D eigenvalue weighted by Gasteiger charge is 2.50. The Morgan fingerprint density at radius 1 is 1.07 bits per heavy atom. The van der Waals surface area contributed by atoms with Crippen molar-refractivity contribution in [2.75, 3.05) is 0 Å². The molecule has 2 bridgehead atoms. The summed E-state index contributed by atoms with van der Waals surface area (Å²) < 4.78 is 40.4. The average molecular weight is 617 g/mol. The zero-order valence-corrected chi connectivity index (χ0v) is 25.8. The number of oxazole rings is 1. The van der Waals surface area contributed by atoms with Crippen LogP contribution in [-0.4, -0.2) is 55.7 Å². The lowest BCUT2D eigenvalue weighted by Crippen LogP contribution is -2.63. The van der Waals surface area contributed by atoms with Crippen LogP contribution in [0.3, 0.4) is 0 Å². The van der Waals surface area contributed by atoms with E-state index in [0.717, 1.165) is 18.4 Å². The molecular formula is C34H37FN4O6. The molecule has 2 aliphatic rings. The summed E-state index contributed by atoms with van der Waals surface area (Å²) in [6.45, 7) is 5.73. The molecule has 236 valence electrons. The Morgan fingerprint density at radius 3 is 2.56 bits per heavy atom. The summed E-state index contributed by atoms with van der Waals surface area (Å²) in [4.78, 5) is 26.4. The van der Waals surface area contributed by atoms with Gasteiger partial charge in [-0.15, -0.1) is 10.2 Å². The van der Waals surface area contributed by atoms with Crippen LogP contribution in [-0.2, 0) is 18.4 Å². The highest BCUT2D eigenvalue weighted by molar-refractivity contribution is 5.73. The molecule has 2 aliphatic heterocycles. The number of rotatable bonds is 7. The van der Waals surface area contributed by atoms with Gasteiger partial charge < -0.3 is 18.6 Å². The number of ether oxygens (including phenoxy) is 3. The molecule has 4 atom stereocenters. The molecular weight excluding hydrogens is 579 g/mol. The van der Waals surface area contributed by atoms with E-state index < -0.39 is 35.8 Å². The van der Waals surface area contributed by atoms with Gasteiger partial charge in [0.1, 0.15) is 24.1 Å². The van der Waals surface area contributed by atoms with Gasteiger partial charge in [0.05, 0.1) is 17.9 Å². The normalized spacial score (nSPS) is 21.3. The molecule has 0 spiro atoms. The van der Waals surface area contributed by atoms with Gasteiger partial charge >= 0.3 is 11.8 Å². The molecule has 2 fully saturated rings. The molecule has 0 N–H and O–H groups in total. The van der Waals surface area contributed by atoms with E-state index in [1.807, 2.05) is 42.5 Å². The van der Waals surface area contributed by atoms with Gasteiger partial charge in [0.15, 0.2) is 11.9 Å². The summed E-state index contributed by atoms with van der Waals surface area (Å²) in [5, 5.41) is 8.66. The standard InChI is InChI=1S/C34H37FN4O6/c1-34(2,3)45-33(41)39-23-11-8-12-26(39)31(35)28(18-23)43-30-16-15-25(36-37-30)24-14-13-22(29-19-38(4)32(40)44-29)17-27(24)42-20-21-9-6-5-7-10-21/h5-7,9-10,13-17,19,23,26,28,31H,8,11-12,18,20H2,1-4H3/t23-,26+,28-,31+/m1/s1. The molecule has 0 saturated carbocycles. The number of fused-ring (bicyclic) bond motifs is 2. The van der Waals surface area contributed by atoms with Crippen LogP contribution in [0.4, 0.5) is 9.18 Å². The van der Waals surface area contributed by atoms with Crippen molar-refractivity contribution in [2.45, 2.75) is 83.0 Å². The fraction of sp³-hybridized carbons (Fsp3) is 0.412. The Balaban J connectivity index is 1.21. The lowest BCUT2D eigenvalue weighted by molar-refractivity contribution is -0.0802. The van der Waals surface area contributed by atoms with Crippen molar-refractivity contribution in [1.29, 1.82) is 0 Å². The maximum Gasteiger partial charge on any atom is 0.419 e. The number of alkyl halides is 1. The molecule has 10 nitrogen and oxygen atoms in total. The second kappa shape index (κ2) is 12.4. The van der Waals surface area contributed by atoms with Crippen LogP contribution in [0.15, 0.2) is 76.1 Å². The van der Waals surface area contributed by atoms with E-state index in [9.17, 15) is 9.59 Å². The monoisotopic (exact) mass is 616 g/mol. The quantitative estimate of drug-likeness (QED) is 0.237. The maximum absolute atomic E-state index is 15.8. The lowest BCUT2D eigenvalue weighted by atomic mass is 9.82. The van der Waals surface area contributed by atoms with Crippen LogP contribution in [0.1, 0.15) is 52.0 Å². The van der Waals surface area contributed by atoms with Crippen LogP contribution < -0.4 is 15.2 Å². The van der Waals surface area contributed by atoms with E-state index in [4.69, 9.17) is 18.6 Å². The number of halogens is 1. The molecule has 2 aromatic carbocycles. The van der Waals surface area contributed by atoms with Crippen molar-refractivity contribution in [3.05, 3.63) is 83.0 Å². The van der Waals surface area contributed by atoms with E-state index in [2.05, 4.69) is 10.2 Å². The lowest BCUT2D eigenvalue weighted by Gasteiger charge is -2.49. The zero-order valence-electron chi connectivity index (χ0n) is 25.8. The number of piperidine rings is 2. The summed E-state index contributed by atoms with van der Waals surface area (Å²) in [7, 11) is 1.62. The largest absolute Gasteiger partial charge is 0.488 e. The van der Waals surface area contributed by atoms with Crippen molar-refractivity contribution in [3.8, 4) is 34.2 Å². The van der Waals surface area contributed by atoms with E-state index in [-0.39, 0.29) is 11.9 Å². The van der Waals surface area contributed by atoms with Gasteiger partial charge in [0.2, 0.25) is 5.88 Å². The molecule has 2 aromatic heterocycles. The fourth-order valence-electron chi connectivity index (χ4n) is 5.99. The van der Waals surface area contributed by atoms with Gasteiger partial charge in [-0.3, -0.25) is 9.47 Å². The molecule has 0 radical (unpaired) electrons. The first-order valence-electron chi connectivity index (χ1n) is 15.2. The van der Waals surface area contributed by atoms with E-state index in [1.54, 1.807) is 57.1 Å². The van der Waals surface area contributed by atoms with E-state index in [1.165, 1.54) is 4.57 Å². The van der Waals surface area contributed by atoms with Crippen molar-refractivity contribution >= 4 is 6.09 Å². The van der Waals surface area contributed by atoms with E-state index in [0.29, 0.717) is 47.8 Å². The Hall–Kier alpha value is -4.67. The molecule has 2 saturated heterocycles. The molecule has 4 heterocycles. The van der Waals surface area contributed by atoms with Gasteiger partial charge in [-0.05, 0) is 63.8 Å². The number of nitrogens with zero attached hydrogens (tertiary/aromatic N) is 4. The molecule has 1 amide bonds. The summed E-state index contributed by atoms with van der Waals surface area (Å²) in [6, 6.07) is 17.8. The maximum atomic E-state index is 15.8. The minimum atomic E-state index is -1.39. The molecule has 4 aromatic rings. The number of aromatic nitrogens is 3. The topological polar surface area (TPSA) is 109 Å². The molecule has 45 heavy (non-hydrogen) atoms. The van der Waals surface area contributed by atoms with Gasteiger partial charge in [0.25, 0.3) is 0 Å². The first-order chi connectivity index (χ1) is 21.6.